The predicted octanol–water partition coefficient (Wildman–Crippen LogP) is 5.16. The van der Waals surface area contributed by atoms with Crippen molar-refractivity contribution in [3.05, 3.63) is 35.9 Å². The first-order valence-corrected chi connectivity index (χ1v) is 9.29. The van der Waals surface area contributed by atoms with Crippen LogP contribution in [0.1, 0.15) is 65.5 Å². The molecular weight excluding hydrogens is 300 g/mol. The van der Waals surface area contributed by atoms with Crippen LogP contribution < -0.4 is 0 Å². The van der Waals surface area contributed by atoms with Crippen LogP contribution in [-0.4, -0.2) is 18.2 Å². The summed E-state index contributed by atoms with van der Waals surface area (Å²) in [6.07, 6.45) is 2.64. The third-order valence-corrected chi connectivity index (χ3v) is 4.95. The quantitative estimate of drug-likeness (QED) is 0.675. The van der Waals surface area contributed by atoms with Crippen molar-refractivity contribution in [2.24, 2.45) is 17.8 Å². The second kappa shape index (κ2) is 8.66. The minimum Gasteiger partial charge on any atom is -0.460 e. The van der Waals surface area contributed by atoms with Gasteiger partial charge >= 0.3 is 5.97 Å². The SMILES string of the molecule is CC(C)OC(C(=O)O[C@@H]1C[C@H](C)CC[C@H]1C(C)C)c1ccccc1. The molecule has 24 heavy (non-hydrogen) atoms. The maximum Gasteiger partial charge on any atom is 0.340 e. The highest BCUT2D eigenvalue weighted by atomic mass is 16.6. The van der Waals surface area contributed by atoms with Crippen molar-refractivity contribution in [2.75, 3.05) is 0 Å². The zero-order chi connectivity index (χ0) is 17.7. The molecule has 0 spiro atoms. The zero-order valence-corrected chi connectivity index (χ0v) is 15.7. The number of benzene rings is 1. The van der Waals surface area contributed by atoms with Crippen molar-refractivity contribution in [1.29, 1.82) is 0 Å². The average Bonchev–Trinajstić information content (AvgIpc) is 2.53. The summed E-state index contributed by atoms with van der Waals surface area (Å²) in [6.45, 7) is 10.6. The van der Waals surface area contributed by atoms with Gasteiger partial charge in [0.15, 0.2) is 6.10 Å². The van der Waals surface area contributed by atoms with Crippen molar-refractivity contribution < 1.29 is 14.3 Å². The molecule has 3 heteroatoms. The molecule has 1 aromatic carbocycles. The van der Waals surface area contributed by atoms with Gasteiger partial charge in [0.05, 0.1) is 6.10 Å². The summed E-state index contributed by atoms with van der Waals surface area (Å²) in [5.41, 5.74) is 0.862. The summed E-state index contributed by atoms with van der Waals surface area (Å²) in [5.74, 6) is 1.33. The summed E-state index contributed by atoms with van der Waals surface area (Å²) in [7, 11) is 0. The third kappa shape index (κ3) is 5.07. The third-order valence-electron chi connectivity index (χ3n) is 4.95. The van der Waals surface area contributed by atoms with E-state index >= 15 is 0 Å². The van der Waals surface area contributed by atoms with Gasteiger partial charge < -0.3 is 9.47 Å². The van der Waals surface area contributed by atoms with E-state index in [4.69, 9.17) is 9.47 Å². The van der Waals surface area contributed by atoms with Gasteiger partial charge in [0.1, 0.15) is 6.10 Å². The van der Waals surface area contributed by atoms with Gasteiger partial charge in [0, 0.05) is 0 Å². The Labute approximate surface area is 146 Å². The second-order valence-electron chi connectivity index (χ2n) is 7.78. The smallest absolute Gasteiger partial charge is 0.340 e. The van der Waals surface area contributed by atoms with Crippen LogP contribution in [0, 0.1) is 17.8 Å². The Hall–Kier alpha value is -1.35. The van der Waals surface area contributed by atoms with E-state index in [0.29, 0.717) is 17.8 Å². The van der Waals surface area contributed by atoms with Crippen LogP contribution in [0.25, 0.3) is 0 Å². The Kier molecular flexibility index (Phi) is 6.85. The topological polar surface area (TPSA) is 35.5 Å². The lowest BCUT2D eigenvalue weighted by Gasteiger charge is -2.37. The first-order valence-electron chi connectivity index (χ1n) is 9.29. The molecule has 1 aliphatic rings. The van der Waals surface area contributed by atoms with Crippen LogP contribution in [0.15, 0.2) is 30.3 Å². The number of esters is 1. The van der Waals surface area contributed by atoms with Gasteiger partial charge in [-0.05, 0) is 50.0 Å². The molecular formula is C21H32O3. The fraction of sp³-hybridized carbons (Fsp3) is 0.667. The average molecular weight is 332 g/mol. The maximum absolute atomic E-state index is 12.9. The van der Waals surface area contributed by atoms with Crippen molar-refractivity contribution in [3.63, 3.8) is 0 Å². The first-order chi connectivity index (χ1) is 11.4. The molecule has 4 atom stereocenters. The number of hydrogen-bond donors (Lipinski definition) is 0. The fourth-order valence-electron chi connectivity index (χ4n) is 3.63. The standard InChI is InChI=1S/C21H32O3/c1-14(2)18-12-11-16(5)13-19(18)24-21(22)20(23-15(3)4)17-9-7-6-8-10-17/h6-10,14-16,18-20H,11-13H2,1-5H3/t16-,18+,19-,20?/m1/s1. The van der Waals surface area contributed by atoms with Crippen molar-refractivity contribution >= 4 is 5.97 Å². The summed E-state index contributed by atoms with van der Waals surface area (Å²) in [6, 6.07) is 9.66. The monoisotopic (exact) mass is 332 g/mol. The Morgan fingerprint density at radius 1 is 1.08 bits per heavy atom. The molecule has 3 nitrogen and oxygen atoms in total. The molecule has 0 radical (unpaired) electrons. The lowest BCUT2D eigenvalue weighted by molar-refractivity contribution is -0.172. The lowest BCUT2D eigenvalue weighted by atomic mass is 9.75. The summed E-state index contributed by atoms with van der Waals surface area (Å²) in [4.78, 5) is 12.9. The zero-order valence-electron chi connectivity index (χ0n) is 15.7. The molecule has 134 valence electrons. The Bertz CT molecular complexity index is 509. The molecule has 0 heterocycles. The highest BCUT2D eigenvalue weighted by molar-refractivity contribution is 5.76. The van der Waals surface area contributed by atoms with Crippen LogP contribution >= 0.6 is 0 Å². The molecule has 2 rings (SSSR count). The van der Waals surface area contributed by atoms with Gasteiger partial charge in [-0.3, -0.25) is 0 Å². The minimum atomic E-state index is -0.642. The Morgan fingerprint density at radius 3 is 2.33 bits per heavy atom. The highest BCUT2D eigenvalue weighted by Gasteiger charge is 2.35. The minimum absolute atomic E-state index is 0.00299. The van der Waals surface area contributed by atoms with E-state index in [2.05, 4.69) is 20.8 Å². The molecule has 0 amide bonds. The Balaban J connectivity index is 2.13. The number of carbonyl (C=O) groups is 1. The molecule has 0 N–H and O–H groups in total. The van der Waals surface area contributed by atoms with Crippen molar-refractivity contribution in [1.82, 2.24) is 0 Å². The van der Waals surface area contributed by atoms with Crippen LogP contribution in [0.3, 0.4) is 0 Å². The van der Waals surface area contributed by atoms with E-state index in [1.165, 1.54) is 6.42 Å². The Morgan fingerprint density at radius 2 is 1.75 bits per heavy atom. The molecule has 1 saturated carbocycles. The van der Waals surface area contributed by atoms with Crippen LogP contribution in [-0.2, 0) is 14.3 Å². The first kappa shape index (κ1) is 19.0. The second-order valence-corrected chi connectivity index (χ2v) is 7.78. The van der Waals surface area contributed by atoms with Crippen LogP contribution in [0.5, 0.6) is 0 Å². The van der Waals surface area contributed by atoms with Crippen LogP contribution in [0.4, 0.5) is 0 Å². The van der Waals surface area contributed by atoms with E-state index in [1.54, 1.807) is 0 Å². The van der Waals surface area contributed by atoms with Crippen LogP contribution in [0.2, 0.25) is 0 Å². The van der Waals surface area contributed by atoms with Crippen molar-refractivity contribution in [2.45, 2.75) is 72.2 Å². The summed E-state index contributed by atoms with van der Waals surface area (Å²) >= 11 is 0. The molecule has 0 saturated heterocycles. The number of carbonyl (C=O) groups excluding carboxylic acids is 1. The molecule has 0 bridgehead atoms. The van der Waals surface area contributed by atoms with E-state index < -0.39 is 6.10 Å². The number of hydrogen-bond acceptors (Lipinski definition) is 3. The van der Waals surface area contributed by atoms with E-state index in [9.17, 15) is 4.79 Å². The molecule has 1 aromatic rings. The largest absolute Gasteiger partial charge is 0.460 e. The van der Waals surface area contributed by atoms with Gasteiger partial charge in [0.25, 0.3) is 0 Å². The highest BCUT2D eigenvalue weighted by Crippen LogP contribution is 2.36. The molecule has 0 aromatic heterocycles. The van der Waals surface area contributed by atoms with Gasteiger partial charge in [-0.2, -0.15) is 0 Å². The van der Waals surface area contributed by atoms with E-state index in [0.717, 1.165) is 18.4 Å². The lowest BCUT2D eigenvalue weighted by Crippen LogP contribution is -2.37. The summed E-state index contributed by atoms with van der Waals surface area (Å²) < 4.78 is 11.9. The maximum atomic E-state index is 12.9. The fourth-order valence-corrected chi connectivity index (χ4v) is 3.63. The van der Waals surface area contributed by atoms with E-state index in [-0.39, 0.29) is 18.2 Å². The molecule has 0 aliphatic heterocycles. The predicted molar refractivity (Wildman–Crippen MR) is 96.6 cm³/mol. The molecule has 1 aliphatic carbocycles. The van der Waals surface area contributed by atoms with Gasteiger partial charge in [-0.1, -0.05) is 57.5 Å². The van der Waals surface area contributed by atoms with Gasteiger partial charge in [-0.25, -0.2) is 4.79 Å². The van der Waals surface area contributed by atoms with Gasteiger partial charge in [-0.15, -0.1) is 0 Å². The number of ether oxygens (including phenoxy) is 2. The molecule has 1 fully saturated rings. The number of rotatable bonds is 6. The van der Waals surface area contributed by atoms with Gasteiger partial charge in [0.2, 0.25) is 0 Å². The normalized spacial score (nSPS) is 25.7. The molecule has 1 unspecified atom stereocenters. The summed E-state index contributed by atoms with van der Waals surface area (Å²) in [5, 5.41) is 0. The van der Waals surface area contributed by atoms with Crippen molar-refractivity contribution in [3.8, 4) is 0 Å². The van der Waals surface area contributed by atoms with E-state index in [1.807, 2.05) is 44.2 Å².